The lowest BCUT2D eigenvalue weighted by molar-refractivity contribution is 0.112. The van der Waals surface area contributed by atoms with Crippen LogP contribution in [0.4, 0.5) is 11.5 Å². The number of benzene rings is 1. The summed E-state index contributed by atoms with van der Waals surface area (Å²) in [6, 6.07) is 7.72. The predicted molar refractivity (Wildman–Crippen MR) is 78.3 cm³/mol. The molecular weight excluding hydrogens is 252 g/mol. The van der Waals surface area contributed by atoms with Crippen LogP contribution in [0.5, 0.6) is 0 Å². The Morgan fingerprint density at radius 2 is 1.65 bits per heavy atom. The normalized spacial score (nSPS) is 15.2. The molecule has 0 bridgehead atoms. The van der Waals surface area contributed by atoms with E-state index in [1.54, 1.807) is 18.6 Å². The van der Waals surface area contributed by atoms with E-state index in [-0.39, 0.29) is 0 Å². The molecule has 1 aromatic carbocycles. The first-order valence-corrected chi connectivity index (χ1v) is 6.68. The maximum atomic E-state index is 10.7. The number of aromatic nitrogens is 2. The van der Waals surface area contributed by atoms with Gasteiger partial charge in [0, 0.05) is 49.8 Å². The average molecular weight is 268 g/mol. The van der Waals surface area contributed by atoms with E-state index in [0.717, 1.165) is 44.0 Å². The maximum Gasteiger partial charge on any atom is 0.150 e. The Morgan fingerprint density at radius 3 is 2.25 bits per heavy atom. The Bertz CT molecular complexity index is 562. The first kappa shape index (κ1) is 12.6. The molecule has 1 saturated heterocycles. The fourth-order valence-electron chi connectivity index (χ4n) is 2.41. The molecule has 0 spiro atoms. The van der Waals surface area contributed by atoms with Crippen LogP contribution >= 0.6 is 0 Å². The zero-order chi connectivity index (χ0) is 13.8. The van der Waals surface area contributed by atoms with Crippen molar-refractivity contribution in [3.63, 3.8) is 0 Å². The van der Waals surface area contributed by atoms with Gasteiger partial charge in [0.05, 0.1) is 6.20 Å². The van der Waals surface area contributed by atoms with E-state index in [9.17, 15) is 4.79 Å². The van der Waals surface area contributed by atoms with Gasteiger partial charge in [-0.25, -0.2) is 4.98 Å². The molecular formula is C15H16N4O. The SMILES string of the molecule is O=Cc1ccc(N2CCN(c3cnccn3)CC2)cc1. The Hall–Kier alpha value is -2.43. The summed E-state index contributed by atoms with van der Waals surface area (Å²) >= 11 is 0. The van der Waals surface area contributed by atoms with Gasteiger partial charge in [0.25, 0.3) is 0 Å². The highest BCUT2D eigenvalue weighted by atomic mass is 16.1. The summed E-state index contributed by atoms with van der Waals surface area (Å²) in [5.41, 5.74) is 1.88. The molecule has 0 amide bonds. The number of anilines is 2. The molecule has 0 atom stereocenters. The van der Waals surface area contributed by atoms with Crippen molar-refractivity contribution in [3.05, 3.63) is 48.4 Å². The summed E-state index contributed by atoms with van der Waals surface area (Å²) in [4.78, 5) is 23.7. The molecule has 3 rings (SSSR count). The predicted octanol–water partition coefficient (Wildman–Crippen LogP) is 1.62. The summed E-state index contributed by atoms with van der Waals surface area (Å²) in [7, 11) is 0. The molecule has 102 valence electrons. The summed E-state index contributed by atoms with van der Waals surface area (Å²) in [6.45, 7) is 3.73. The minimum Gasteiger partial charge on any atom is -0.368 e. The molecule has 0 aliphatic carbocycles. The van der Waals surface area contributed by atoms with Crippen molar-refractivity contribution in [1.82, 2.24) is 9.97 Å². The first-order chi connectivity index (χ1) is 9.86. The van der Waals surface area contributed by atoms with E-state index in [1.165, 1.54) is 0 Å². The van der Waals surface area contributed by atoms with E-state index in [4.69, 9.17) is 0 Å². The zero-order valence-corrected chi connectivity index (χ0v) is 11.1. The second-order valence-corrected chi connectivity index (χ2v) is 4.75. The Balaban J connectivity index is 1.64. The molecule has 5 nitrogen and oxygen atoms in total. The molecule has 5 heteroatoms. The first-order valence-electron chi connectivity index (χ1n) is 6.68. The number of carbonyl (C=O) groups is 1. The number of piperazine rings is 1. The minimum absolute atomic E-state index is 0.715. The van der Waals surface area contributed by atoms with Crippen LogP contribution in [0, 0.1) is 0 Å². The van der Waals surface area contributed by atoms with Crippen LogP contribution in [0.15, 0.2) is 42.9 Å². The Kier molecular flexibility index (Phi) is 3.58. The molecule has 1 aliphatic rings. The van der Waals surface area contributed by atoms with Crippen molar-refractivity contribution in [2.75, 3.05) is 36.0 Å². The van der Waals surface area contributed by atoms with Gasteiger partial charge < -0.3 is 9.80 Å². The topological polar surface area (TPSA) is 49.3 Å². The van der Waals surface area contributed by atoms with Gasteiger partial charge in [0.1, 0.15) is 12.1 Å². The lowest BCUT2D eigenvalue weighted by Crippen LogP contribution is -2.46. The standard InChI is InChI=1S/C15H16N4O/c20-12-13-1-3-14(4-2-13)18-7-9-19(10-8-18)15-11-16-5-6-17-15/h1-6,11-12H,7-10H2. The molecule has 0 unspecified atom stereocenters. The van der Waals surface area contributed by atoms with Crippen LogP contribution < -0.4 is 9.80 Å². The number of hydrogen-bond acceptors (Lipinski definition) is 5. The number of carbonyl (C=O) groups excluding carboxylic acids is 1. The summed E-state index contributed by atoms with van der Waals surface area (Å²) in [5, 5.41) is 0. The van der Waals surface area contributed by atoms with Crippen LogP contribution in [0.3, 0.4) is 0 Å². The van der Waals surface area contributed by atoms with Gasteiger partial charge in [-0.2, -0.15) is 0 Å². The lowest BCUT2D eigenvalue weighted by Gasteiger charge is -2.36. The molecule has 0 N–H and O–H groups in total. The van der Waals surface area contributed by atoms with E-state index in [2.05, 4.69) is 19.8 Å². The van der Waals surface area contributed by atoms with Gasteiger partial charge in [-0.15, -0.1) is 0 Å². The van der Waals surface area contributed by atoms with Gasteiger partial charge in [-0.05, 0) is 24.3 Å². The van der Waals surface area contributed by atoms with Gasteiger partial charge in [0.2, 0.25) is 0 Å². The van der Waals surface area contributed by atoms with Crippen LogP contribution in [-0.2, 0) is 0 Å². The van der Waals surface area contributed by atoms with Crippen LogP contribution in [0.2, 0.25) is 0 Å². The molecule has 1 aliphatic heterocycles. The number of hydrogen-bond donors (Lipinski definition) is 0. The Labute approximate surface area is 117 Å². The van der Waals surface area contributed by atoms with E-state index < -0.39 is 0 Å². The third-order valence-electron chi connectivity index (χ3n) is 3.55. The quantitative estimate of drug-likeness (QED) is 0.792. The average Bonchev–Trinajstić information content (AvgIpc) is 2.56. The minimum atomic E-state index is 0.715. The second kappa shape index (κ2) is 5.69. The van der Waals surface area contributed by atoms with Crippen molar-refractivity contribution in [2.45, 2.75) is 0 Å². The van der Waals surface area contributed by atoms with Crippen molar-refractivity contribution < 1.29 is 4.79 Å². The van der Waals surface area contributed by atoms with Gasteiger partial charge >= 0.3 is 0 Å². The number of rotatable bonds is 3. The van der Waals surface area contributed by atoms with E-state index in [1.807, 2.05) is 24.3 Å². The van der Waals surface area contributed by atoms with Crippen molar-refractivity contribution in [3.8, 4) is 0 Å². The molecule has 1 aromatic heterocycles. The second-order valence-electron chi connectivity index (χ2n) is 4.75. The van der Waals surface area contributed by atoms with E-state index in [0.29, 0.717) is 5.56 Å². The van der Waals surface area contributed by atoms with Crippen LogP contribution in [0.1, 0.15) is 10.4 Å². The van der Waals surface area contributed by atoms with Crippen LogP contribution in [0.25, 0.3) is 0 Å². The van der Waals surface area contributed by atoms with Crippen molar-refractivity contribution in [2.24, 2.45) is 0 Å². The van der Waals surface area contributed by atoms with Crippen molar-refractivity contribution in [1.29, 1.82) is 0 Å². The zero-order valence-electron chi connectivity index (χ0n) is 11.1. The molecule has 0 radical (unpaired) electrons. The van der Waals surface area contributed by atoms with Gasteiger partial charge in [-0.1, -0.05) is 0 Å². The highest BCUT2D eigenvalue weighted by molar-refractivity contribution is 5.75. The smallest absolute Gasteiger partial charge is 0.150 e. The summed E-state index contributed by atoms with van der Waals surface area (Å²) < 4.78 is 0. The lowest BCUT2D eigenvalue weighted by atomic mass is 10.2. The van der Waals surface area contributed by atoms with Gasteiger partial charge in [0.15, 0.2) is 0 Å². The summed E-state index contributed by atoms with van der Waals surface area (Å²) in [5.74, 6) is 0.934. The fourth-order valence-corrected chi connectivity index (χ4v) is 2.41. The molecule has 0 saturated carbocycles. The van der Waals surface area contributed by atoms with Gasteiger partial charge in [-0.3, -0.25) is 9.78 Å². The third-order valence-corrected chi connectivity index (χ3v) is 3.55. The highest BCUT2D eigenvalue weighted by Crippen LogP contribution is 2.18. The summed E-state index contributed by atoms with van der Waals surface area (Å²) in [6.07, 6.45) is 6.08. The number of aldehydes is 1. The Morgan fingerprint density at radius 1 is 0.950 bits per heavy atom. The van der Waals surface area contributed by atoms with E-state index >= 15 is 0 Å². The third kappa shape index (κ3) is 2.61. The maximum absolute atomic E-state index is 10.7. The molecule has 2 aromatic rings. The van der Waals surface area contributed by atoms with Crippen molar-refractivity contribution >= 4 is 17.8 Å². The highest BCUT2D eigenvalue weighted by Gasteiger charge is 2.18. The largest absolute Gasteiger partial charge is 0.368 e. The number of nitrogens with zero attached hydrogens (tertiary/aromatic N) is 4. The molecule has 2 heterocycles. The molecule has 1 fully saturated rings. The monoisotopic (exact) mass is 268 g/mol. The van der Waals surface area contributed by atoms with Crippen LogP contribution in [-0.4, -0.2) is 42.4 Å². The molecule has 20 heavy (non-hydrogen) atoms. The fraction of sp³-hybridized carbons (Fsp3) is 0.267.